The van der Waals surface area contributed by atoms with Crippen LogP contribution in [0.1, 0.15) is 19.4 Å². The first kappa shape index (κ1) is 16.0. The van der Waals surface area contributed by atoms with Crippen molar-refractivity contribution in [3.8, 4) is 0 Å². The van der Waals surface area contributed by atoms with E-state index in [-0.39, 0.29) is 18.9 Å². The van der Waals surface area contributed by atoms with Gasteiger partial charge in [-0.2, -0.15) is 0 Å². The Labute approximate surface area is 119 Å². The van der Waals surface area contributed by atoms with Crippen LogP contribution in [0.3, 0.4) is 0 Å². The van der Waals surface area contributed by atoms with E-state index < -0.39 is 14.6 Å². The van der Waals surface area contributed by atoms with Crippen LogP contribution < -0.4 is 5.32 Å². The van der Waals surface area contributed by atoms with E-state index in [9.17, 15) is 13.2 Å². The number of amides is 1. The third-order valence-electron chi connectivity index (χ3n) is 3.02. The summed E-state index contributed by atoms with van der Waals surface area (Å²) < 4.78 is 22.0. The molecule has 0 atom stereocenters. The highest BCUT2D eigenvalue weighted by molar-refractivity contribution is 7.92. The molecule has 0 spiro atoms. The van der Waals surface area contributed by atoms with E-state index in [0.717, 1.165) is 10.5 Å². The van der Waals surface area contributed by atoms with Gasteiger partial charge in [0.1, 0.15) is 0 Å². The SMILES string of the molecule is CC(C)(CNC(=O)Cc1ccc(S)cc1)S(C)(=O)=O. The molecule has 1 rings (SSSR count). The van der Waals surface area contributed by atoms with Gasteiger partial charge in [0.15, 0.2) is 9.84 Å². The molecular formula is C13H19NO3S2. The monoisotopic (exact) mass is 301 g/mol. The summed E-state index contributed by atoms with van der Waals surface area (Å²) in [6, 6.07) is 7.27. The fourth-order valence-corrected chi connectivity index (χ4v) is 1.79. The fourth-order valence-electron chi connectivity index (χ4n) is 1.30. The van der Waals surface area contributed by atoms with Crippen molar-refractivity contribution in [1.82, 2.24) is 5.32 Å². The number of nitrogens with one attached hydrogen (secondary N) is 1. The van der Waals surface area contributed by atoms with Crippen molar-refractivity contribution in [2.45, 2.75) is 29.9 Å². The molecule has 1 N–H and O–H groups in total. The van der Waals surface area contributed by atoms with Gasteiger partial charge in [-0.05, 0) is 31.5 Å². The summed E-state index contributed by atoms with van der Waals surface area (Å²) in [6.07, 6.45) is 1.40. The average Bonchev–Trinajstić information content (AvgIpc) is 2.28. The Balaban J connectivity index is 2.55. The van der Waals surface area contributed by atoms with Crippen LogP contribution in [0, 0.1) is 0 Å². The van der Waals surface area contributed by atoms with Gasteiger partial charge in [-0.25, -0.2) is 8.42 Å². The summed E-state index contributed by atoms with van der Waals surface area (Å²) in [5.74, 6) is -0.191. The predicted octanol–water partition coefficient (Wildman–Crippen LogP) is 1.46. The van der Waals surface area contributed by atoms with Gasteiger partial charge in [0.2, 0.25) is 5.91 Å². The molecule has 6 heteroatoms. The summed E-state index contributed by atoms with van der Waals surface area (Å²) in [4.78, 5) is 12.6. The predicted molar refractivity (Wildman–Crippen MR) is 79.3 cm³/mol. The summed E-state index contributed by atoms with van der Waals surface area (Å²) in [6.45, 7) is 3.30. The second-order valence-electron chi connectivity index (χ2n) is 5.15. The van der Waals surface area contributed by atoms with Crippen LogP contribution in [0.2, 0.25) is 0 Å². The second-order valence-corrected chi connectivity index (χ2v) is 8.32. The number of benzene rings is 1. The van der Waals surface area contributed by atoms with E-state index in [1.807, 2.05) is 24.3 Å². The number of thiol groups is 1. The Morgan fingerprint density at radius 1 is 1.26 bits per heavy atom. The number of carbonyl (C=O) groups excluding carboxylic acids is 1. The average molecular weight is 301 g/mol. The first-order valence-corrected chi connectivity index (χ1v) is 8.20. The van der Waals surface area contributed by atoms with Crippen molar-refractivity contribution >= 4 is 28.4 Å². The largest absolute Gasteiger partial charge is 0.354 e. The van der Waals surface area contributed by atoms with Crippen LogP contribution in [-0.4, -0.2) is 31.9 Å². The van der Waals surface area contributed by atoms with Gasteiger partial charge in [0.05, 0.1) is 11.2 Å². The number of carbonyl (C=O) groups is 1. The number of hydrogen-bond acceptors (Lipinski definition) is 4. The second kappa shape index (κ2) is 5.96. The Morgan fingerprint density at radius 3 is 2.26 bits per heavy atom. The lowest BCUT2D eigenvalue weighted by Crippen LogP contribution is -2.44. The lowest BCUT2D eigenvalue weighted by molar-refractivity contribution is -0.120. The van der Waals surface area contributed by atoms with Crippen molar-refractivity contribution < 1.29 is 13.2 Å². The van der Waals surface area contributed by atoms with Crippen molar-refractivity contribution in [3.05, 3.63) is 29.8 Å². The third-order valence-corrected chi connectivity index (χ3v) is 5.47. The lowest BCUT2D eigenvalue weighted by atomic mass is 10.1. The zero-order chi connectivity index (χ0) is 14.7. The Kier molecular flexibility index (Phi) is 5.04. The number of rotatable bonds is 5. The van der Waals surface area contributed by atoms with Gasteiger partial charge >= 0.3 is 0 Å². The van der Waals surface area contributed by atoms with Crippen LogP contribution >= 0.6 is 12.6 Å². The lowest BCUT2D eigenvalue weighted by Gasteiger charge is -2.22. The minimum Gasteiger partial charge on any atom is -0.354 e. The molecule has 0 aliphatic carbocycles. The van der Waals surface area contributed by atoms with E-state index in [0.29, 0.717) is 0 Å². The first-order valence-electron chi connectivity index (χ1n) is 5.86. The van der Waals surface area contributed by atoms with Gasteiger partial charge in [0.25, 0.3) is 0 Å². The molecule has 19 heavy (non-hydrogen) atoms. The van der Waals surface area contributed by atoms with Crippen LogP contribution in [0.4, 0.5) is 0 Å². The van der Waals surface area contributed by atoms with Crippen molar-refractivity contribution in [1.29, 1.82) is 0 Å². The summed E-state index contributed by atoms with van der Waals surface area (Å²) >= 11 is 4.17. The van der Waals surface area contributed by atoms with E-state index in [1.54, 1.807) is 13.8 Å². The van der Waals surface area contributed by atoms with E-state index in [4.69, 9.17) is 0 Å². The standard InChI is InChI=1S/C13H19NO3S2/c1-13(2,19(3,16)17)9-14-12(15)8-10-4-6-11(18)7-5-10/h4-7,18H,8-9H2,1-3H3,(H,14,15). The normalized spacial score (nSPS) is 12.2. The number of hydrogen-bond donors (Lipinski definition) is 2. The molecule has 1 aromatic rings. The zero-order valence-corrected chi connectivity index (χ0v) is 13.0. The van der Waals surface area contributed by atoms with Crippen LogP contribution in [0.25, 0.3) is 0 Å². The molecule has 0 aromatic heterocycles. The molecule has 4 nitrogen and oxygen atoms in total. The Bertz CT molecular complexity index is 548. The van der Waals surface area contributed by atoms with Gasteiger partial charge in [0, 0.05) is 17.7 Å². The van der Waals surface area contributed by atoms with Crippen molar-refractivity contribution in [2.75, 3.05) is 12.8 Å². The molecule has 0 aliphatic rings. The Hall–Kier alpha value is -1.01. The van der Waals surface area contributed by atoms with Crippen molar-refractivity contribution in [2.24, 2.45) is 0 Å². The van der Waals surface area contributed by atoms with Gasteiger partial charge in [-0.1, -0.05) is 12.1 Å². The molecule has 0 fully saturated rings. The highest BCUT2D eigenvalue weighted by Gasteiger charge is 2.30. The molecule has 0 bridgehead atoms. The molecule has 1 aromatic carbocycles. The van der Waals surface area contributed by atoms with Gasteiger partial charge in [-0.15, -0.1) is 12.6 Å². The maximum atomic E-state index is 11.7. The van der Waals surface area contributed by atoms with Crippen molar-refractivity contribution in [3.63, 3.8) is 0 Å². The molecule has 1 amide bonds. The minimum atomic E-state index is -3.20. The zero-order valence-electron chi connectivity index (χ0n) is 11.3. The minimum absolute atomic E-state index is 0.106. The molecule has 0 saturated carbocycles. The summed E-state index contributed by atoms with van der Waals surface area (Å²) in [5.41, 5.74) is 0.868. The van der Waals surface area contributed by atoms with Gasteiger partial charge in [-0.3, -0.25) is 4.79 Å². The van der Waals surface area contributed by atoms with Crippen LogP contribution in [-0.2, 0) is 21.1 Å². The highest BCUT2D eigenvalue weighted by atomic mass is 32.2. The maximum Gasteiger partial charge on any atom is 0.224 e. The quantitative estimate of drug-likeness (QED) is 0.809. The van der Waals surface area contributed by atoms with Crippen LogP contribution in [0.15, 0.2) is 29.2 Å². The van der Waals surface area contributed by atoms with Crippen LogP contribution in [0.5, 0.6) is 0 Å². The Morgan fingerprint density at radius 2 is 1.79 bits per heavy atom. The first-order chi connectivity index (χ1) is 8.62. The van der Waals surface area contributed by atoms with E-state index in [2.05, 4.69) is 17.9 Å². The fraction of sp³-hybridized carbons (Fsp3) is 0.462. The highest BCUT2D eigenvalue weighted by Crippen LogP contribution is 2.13. The summed E-state index contributed by atoms with van der Waals surface area (Å²) in [7, 11) is -3.20. The maximum absolute atomic E-state index is 11.7. The molecule has 0 aliphatic heterocycles. The molecule has 0 radical (unpaired) electrons. The topological polar surface area (TPSA) is 63.2 Å². The number of sulfone groups is 1. The molecule has 106 valence electrons. The molecular weight excluding hydrogens is 282 g/mol. The molecule has 0 unspecified atom stereocenters. The smallest absolute Gasteiger partial charge is 0.224 e. The third kappa shape index (κ3) is 4.87. The summed E-state index contributed by atoms with van der Waals surface area (Å²) in [5, 5.41) is 2.66. The molecule has 0 saturated heterocycles. The van der Waals surface area contributed by atoms with Gasteiger partial charge < -0.3 is 5.32 Å². The van der Waals surface area contributed by atoms with E-state index in [1.165, 1.54) is 6.26 Å². The molecule has 0 heterocycles. The van der Waals surface area contributed by atoms with E-state index >= 15 is 0 Å².